The van der Waals surface area contributed by atoms with Gasteiger partial charge in [-0.05, 0) is 46.9 Å². The number of aromatic nitrogens is 1. The predicted octanol–water partition coefficient (Wildman–Crippen LogP) is 1.97. The lowest BCUT2D eigenvalue weighted by Gasteiger charge is -2.10. The summed E-state index contributed by atoms with van der Waals surface area (Å²) in [6.45, 7) is 0.760. The van der Waals surface area contributed by atoms with Gasteiger partial charge in [-0.25, -0.2) is 0 Å². The van der Waals surface area contributed by atoms with Gasteiger partial charge in [0.25, 0.3) is 5.91 Å². The molecular weight excluding hydrogens is 393 g/mol. The first-order chi connectivity index (χ1) is 10.6. The summed E-state index contributed by atoms with van der Waals surface area (Å²) < 4.78 is 0.783. The van der Waals surface area contributed by atoms with Crippen LogP contribution in [0.5, 0.6) is 0 Å². The maximum Gasteiger partial charge on any atom is 0.254 e. The number of fused-ring (bicyclic) bond motifs is 2. The molecule has 0 unspecified atom stereocenters. The molecule has 0 bridgehead atoms. The standard InChI is InChI=1S/C16H14IN3O2/c17-11-6-5-10-14(13(11)16(22)19-8-7-18)20-12-4-2-1-3-9(12)15(10)21/h1-6H,7-8,18H2,(H,19,22)(H,20,21). The molecule has 4 N–H and O–H groups in total. The summed E-state index contributed by atoms with van der Waals surface area (Å²) in [6, 6.07) is 10.8. The zero-order chi connectivity index (χ0) is 15.7. The van der Waals surface area contributed by atoms with Gasteiger partial charge in [0.1, 0.15) is 0 Å². The van der Waals surface area contributed by atoms with Crippen LogP contribution in [0, 0.1) is 3.57 Å². The Bertz CT molecular complexity index is 934. The molecule has 112 valence electrons. The van der Waals surface area contributed by atoms with E-state index in [2.05, 4.69) is 32.9 Å². The number of pyridine rings is 1. The first-order valence-corrected chi connectivity index (χ1v) is 7.93. The van der Waals surface area contributed by atoms with Crippen LogP contribution in [0.3, 0.4) is 0 Å². The molecule has 0 radical (unpaired) electrons. The second-order valence-electron chi connectivity index (χ2n) is 4.89. The Balaban J connectivity index is 2.34. The molecule has 3 rings (SSSR count). The summed E-state index contributed by atoms with van der Waals surface area (Å²) >= 11 is 2.10. The van der Waals surface area contributed by atoms with Crippen LogP contribution in [0.4, 0.5) is 0 Å². The number of nitrogens with one attached hydrogen (secondary N) is 2. The highest BCUT2D eigenvalue weighted by atomic mass is 127. The van der Waals surface area contributed by atoms with Crippen LogP contribution in [0.2, 0.25) is 0 Å². The second-order valence-corrected chi connectivity index (χ2v) is 6.05. The highest BCUT2D eigenvalue weighted by Gasteiger charge is 2.17. The maximum atomic E-state index is 12.6. The summed E-state index contributed by atoms with van der Waals surface area (Å²) in [7, 11) is 0. The highest BCUT2D eigenvalue weighted by molar-refractivity contribution is 14.1. The number of hydrogen-bond acceptors (Lipinski definition) is 3. The Morgan fingerprint density at radius 3 is 2.73 bits per heavy atom. The van der Waals surface area contributed by atoms with Crippen molar-refractivity contribution in [3.8, 4) is 0 Å². The monoisotopic (exact) mass is 407 g/mol. The fraction of sp³-hybridized carbons (Fsp3) is 0.125. The van der Waals surface area contributed by atoms with E-state index in [4.69, 9.17) is 5.73 Å². The molecule has 0 saturated carbocycles. The summed E-state index contributed by atoms with van der Waals surface area (Å²) in [5, 5.41) is 3.88. The predicted molar refractivity (Wildman–Crippen MR) is 96.2 cm³/mol. The lowest BCUT2D eigenvalue weighted by atomic mass is 10.1. The zero-order valence-electron chi connectivity index (χ0n) is 11.7. The smallest absolute Gasteiger partial charge is 0.254 e. The van der Waals surface area contributed by atoms with Gasteiger partial charge in [-0.3, -0.25) is 9.59 Å². The third kappa shape index (κ3) is 2.48. The van der Waals surface area contributed by atoms with E-state index < -0.39 is 0 Å². The molecule has 0 saturated heterocycles. The summed E-state index contributed by atoms with van der Waals surface area (Å²) in [6.07, 6.45) is 0. The molecule has 0 spiro atoms. The van der Waals surface area contributed by atoms with E-state index >= 15 is 0 Å². The molecule has 1 amide bonds. The number of H-pyrrole nitrogens is 1. The Kier molecular flexibility index (Phi) is 4.12. The molecule has 0 aliphatic carbocycles. The fourth-order valence-electron chi connectivity index (χ4n) is 2.46. The number of para-hydroxylation sites is 1. The van der Waals surface area contributed by atoms with E-state index in [0.29, 0.717) is 34.9 Å². The van der Waals surface area contributed by atoms with Crippen molar-refractivity contribution < 1.29 is 4.79 Å². The number of rotatable bonds is 3. The van der Waals surface area contributed by atoms with Gasteiger partial charge in [-0.1, -0.05) is 12.1 Å². The van der Waals surface area contributed by atoms with E-state index in [9.17, 15) is 9.59 Å². The number of carbonyl (C=O) groups is 1. The minimum atomic E-state index is -0.230. The normalized spacial score (nSPS) is 11.0. The van der Waals surface area contributed by atoms with Crippen molar-refractivity contribution in [2.45, 2.75) is 0 Å². The number of nitrogens with two attached hydrogens (primary N) is 1. The van der Waals surface area contributed by atoms with E-state index in [-0.39, 0.29) is 11.3 Å². The number of carbonyl (C=O) groups excluding carboxylic acids is 1. The lowest BCUT2D eigenvalue weighted by Crippen LogP contribution is -2.30. The highest BCUT2D eigenvalue weighted by Crippen LogP contribution is 2.23. The van der Waals surface area contributed by atoms with E-state index in [1.807, 2.05) is 18.2 Å². The molecular formula is C16H14IN3O2. The van der Waals surface area contributed by atoms with E-state index in [1.54, 1.807) is 18.2 Å². The van der Waals surface area contributed by atoms with Crippen LogP contribution >= 0.6 is 22.6 Å². The summed E-state index contributed by atoms with van der Waals surface area (Å²) in [4.78, 5) is 28.2. The van der Waals surface area contributed by atoms with E-state index in [1.165, 1.54) is 0 Å². The lowest BCUT2D eigenvalue weighted by molar-refractivity contribution is 0.0955. The first-order valence-electron chi connectivity index (χ1n) is 6.85. The van der Waals surface area contributed by atoms with Gasteiger partial charge in [0.2, 0.25) is 0 Å². The average molecular weight is 407 g/mol. The minimum absolute atomic E-state index is 0.0753. The quantitative estimate of drug-likeness (QED) is 0.458. The molecule has 0 atom stereocenters. The number of hydrogen-bond donors (Lipinski definition) is 3. The molecule has 2 aromatic carbocycles. The van der Waals surface area contributed by atoms with Crippen molar-refractivity contribution in [3.05, 3.63) is 55.8 Å². The van der Waals surface area contributed by atoms with Crippen molar-refractivity contribution in [2.24, 2.45) is 5.73 Å². The van der Waals surface area contributed by atoms with E-state index in [0.717, 1.165) is 9.09 Å². The molecule has 22 heavy (non-hydrogen) atoms. The molecule has 0 aliphatic rings. The second kappa shape index (κ2) is 6.05. The Morgan fingerprint density at radius 1 is 1.18 bits per heavy atom. The number of aromatic amines is 1. The Hall–Kier alpha value is -1.93. The third-order valence-electron chi connectivity index (χ3n) is 3.49. The number of benzene rings is 2. The number of halogens is 1. The number of amides is 1. The molecule has 5 nitrogen and oxygen atoms in total. The van der Waals surface area contributed by atoms with Gasteiger partial charge in [0.15, 0.2) is 5.43 Å². The van der Waals surface area contributed by atoms with Crippen LogP contribution in [0.1, 0.15) is 10.4 Å². The summed E-state index contributed by atoms with van der Waals surface area (Å²) in [5.41, 5.74) is 7.11. The zero-order valence-corrected chi connectivity index (χ0v) is 13.8. The van der Waals surface area contributed by atoms with Crippen molar-refractivity contribution in [1.29, 1.82) is 0 Å². The Labute approximate surface area is 140 Å². The molecule has 3 aromatic rings. The third-order valence-corrected chi connectivity index (χ3v) is 4.39. The minimum Gasteiger partial charge on any atom is -0.354 e. The fourth-order valence-corrected chi connectivity index (χ4v) is 3.16. The van der Waals surface area contributed by atoms with Crippen LogP contribution in [0.25, 0.3) is 21.8 Å². The molecule has 0 aliphatic heterocycles. The molecule has 1 heterocycles. The van der Waals surface area contributed by atoms with Crippen LogP contribution < -0.4 is 16.5 Å². The van der Waals surface area contributed by atoms with Crippen molar-refractivity contribution >= 4 is 50.3 Å². The molecule has 0 fully saturated rings. The van der Waals surface area contributed by atoms with Crippen molar-refractivity contribution in [1.82, 2.24) is 10.3 Å². The molecule has 6 heteroatoms. The largest absolute Gasteiger partial charge is 0.354 e. The van der Waals surface area contributed by atoms with Gasteiger partial charge >= 0.3 is 0 Å². The maximum absolute atomic E-state index is 12.6. The SMILES string of the molecule is NCCNC(=O)c1c(I)ccc2c(=O)c3ccccc3[nH]c12. The van der Waals surface area contributed by atoms with Crippen LogP contribution in [-0.4, -0.2) is 24.0 Å². The summed E-state index contributed by atoms with van der Waals surface area (Å²) in [5.74, 6) is -0.230. The first kappa shape index (κ1) is 15.0. The van der Waals surface area contributed by atoms with Crippen molar-refractivity contribution in [2.75, 3.05) is 13.1 Å². The van der Waals surface area contributed by atoms with Gasteiger partial charge < -0.3 is 16.0 Å². The average Bonchev–Trinajstić information content (AvgIpc) is 2.52. The Morgan fingerprint density at radius 2 is 1.95 bits per heavy atom. The van der Waals surface area contributed by atoms with Gasteiger partial charge in [0, 0.05) is 32.9 Å². The molecule has 1 aromatic heterocycles. The van der Waals surface area contributed by atoms with Gasteiger partial charge in [-0.15, -0.1) is 0 Å². The van der Waals surface area contributed by atoms with Gasteiger partial charge in [-0.2, -0.15) is 0 Å². The topological polar surface area (TPSA) is 88.0 Å². The van der Waals surface area contributed by atoms with Gasteiger partial charge in [0.05, 0.1) is 11.1 Å². The van der Waals surface area contributed by atoms with Crippen LogP contribution in [-0.2, 0) is 0 Å². The van der Waals surface area contributed by atoms with Crippen molar-refractivity contribution in [3.63, 3.8) is 0 Å². The van der Waals surface area contributed by atoms with Crippen LogP contribution in [0.15, 0.2) is 41.2 Å².